The Kier molecular flexibility index (Phi) is 16.8. The molecule has 3 aromatic carbocycles. The Bertz CT molecular complexity index is 5090. The number of anilines is 8. The van der Waals surface area contributed by atoms with Gasteiger partial charge in [-0.25, -0.2) is 28.8 Å². The van der Waals surface area contributed by atoms with Gasteiger partial charge in [0, 0.05) is 137 Å². The molecule has 24 nitrogen and oxygen atoms in total. The fourth-order valence-electron chi connectivity index (χ4n) is 14.3. The van der Waals surface area contributed by atoms with E-state index in [2.05, 4.69) is 100 Å². The molecule has 15 heterocycles. The van der Waals surface area contributed by atoms with Gasteiger partial charge in [-0.1, -0.05) is 30.3 Å². The number of carbonyl (C=O) groups excluding carboxylic acids is 3. The fraction of sp³-hybridized carbons (Fsp3) is 0.240. The standard InChI is InChI=1S/C25H22FN5O3.2C25H24N6O2/c26-16-5-8-31-20(14-28-22(31)11-16)17-2-3-19(23-18(17)13-29-24(23)32)30-21-4-1-15(12-27-21)25(33)6-9-34-10-7-25;32-18-7-10-30(11-8-18)16-2-6-23(27-14-16)29-21-4-3-19(20-15-28-25(33)24(20)21)22-5-1-17-13-26-9-12-31(17)22;32-17-8-12-30(13-9-17)16-3-6-23(26-14-16)29-21-5-4-18(20-15-27-25(33)24(20)21)19-2-1-11-31-22(19)7-10-28-31/h1-5,8,11-12,14,33H,6-7,9-10,13H2,(H,27,30)(H,29,32);1-6,9,12-14,18,32H,7-8,10-11,15H2,(H,27,29)(H,28,33);1-7,10-11,14,17,32H,8-9,12-13,15H2,(H,26,29)(H,27,33). The van der Waals surface area contributed by atoms with Crippen molar-refractivity contribution >= 4 is 80.3 Å². The molecule has 0 atom stereocenters. The maximum Gasteiger partial charge on any atom is 0.254 e. The summed E-state index contributed by atoms with van der Waals surface area (Å²) in [5, 5.41) is 53.4. The van der Waals surface area contributed by atoms with E-state index in [1.165, 1.54) is 12.1 Å². The summed E-state index contributed by atoms with van der Waals surface area (Å²) in [5.41, 5.74) is 16.9. The summed E-state index contributed by atoms with van der Waals surface area (Å²) in [6.07, 6.45) is 21.7. The number of pyridine rings is 5. The largest absolute Gasteiger partial charge is 0.393 e. The van der Waals surface area contributed by atoms with Crippen LogP contribution in [0.25, 0.3) is 50.3 Å². The van der Waals surface area contributed by atoms with Crippen molar-refractivity contribution in [3.8, 4) is 33.6 Å². The monoisotopic (exact) mass is 1340 g/mol. The lowest BCUT2D eigenvalue weighted by Gasteiger charge is -2.32. The van der Waals surface area contributed by atoms with Gasteiger partial charge in [0.2, 0.25) is 0 Å². The van der Waals surface area contributed by atoms with Crippen LogP contribution in [-0.2, 0) is 30.0 Å². The Morgan fingerprint density at radius 2 is 1.07 bits per heavy atom. The second-order valence-corrected chi connectivity index (χ2v) is 25.7. The Labute approximate surface area is 572 Å². The number of fused-ring (bicyclic) bond motifs is 6. The first-order chi connectivity index (χ1) is 48.9. The van der Waals surface area contributed by atoms with Crippen molar-refractivity contribution in [3.63, 3.8) is 0 Å². The maximum atomic E-state index is 13.6. The molecule has 504 valence electrons. The van der Waals surface area contributed by atoms with Crippen molar-refractivity contribution in [1.29, 1.82) is 0 Å². The van der Waals surface area contributed by atoms with Crippen LogP contribution < -0.4 is 41.7 Å². The zero-order chi connectivity index (χ0) is 68.0. The summed E-state index contributed by atoms with van der Waals surface area (Å²) >= 11 is 0. The van der Waals surface area contributed by atoms with E-state index >= 15 is 0 Å². The lowest BCUT2D eigenvalue weighted by Crippen LogP contribution is -2.35. The molecule has 0 bridgehead atoms. The molecule has 6 aliphatic heterocycles. The highest BCUT2D eigenvalue weighted by molar-refractivity contribution is 6.08. The average molecular weight is 1340 g/mol. The molecule has 0 spiro atoms. The Balaban J connectivity index is 0.000000117. The number of nitrogens with one attached hydrogen (secondary N) is 6. The summed E-state index contributed by atoms with van der Waals surface area (Å²) < 4.78 is 24.7. The molecule has 0 saturated carbocycles. The molecule has 0 radical (unpaired) electrons. The molecule has 18 rings (SSSR count). The van der Waals surface area contributed by atoms with E-state index < -0.39 is 5.60 Å². The zero-order valence-corrected chi connectivity index (χ0v) is 54.3. The van der Waals surface area contributed by atoms with Gasteiger partial charge in [0.25, 0.3) is 17.7 Å². The van der Waals surface area contributed by atoms with Crippen LogP contribution in [0.4, 0.5) is 50.3 Å². The SMILES string of the molecule is O=C1NCc2c(-c3ccc4cnccn34)ccc(Nc3ccc(N4CCC(O)CC4)cn3)c21.O=C1NCc2c(-c3cccn4nccc34)ccc(Nc3ccc(N4CCC(O)CC4)cn3)c21.O=C1NCc2c(-c3cnc4cc(F)ccn34)ccc(Nc3ccc(C4(O)CCOCC4)cn3)c21. The highest BCUT2D eigenvalue weighted by atomic mass is 19.1. The first kappa shape index (κ1) is 63.1. The number of aliphatic hydroxyl groups is 3. The Morgan fingerprint density at radius 1 is 0.520 bits per heavy atom. The number of benzene rings is 3. The van der Waals surface area contributed by atoms with Crippen molar-refractivity contribution in [3.05, 3.63) is 222 Å². The van der Waals surface area contributed by atoms with Crippen LogP contribution in [0.2, 0.25) is 0 Å². The number of piperidine rings is 2. The van der Waals surface area contributed by atoms with Gasteiger partial charge in [0.05, 0.1) is 110 Å². The number of imidazole rings is 1. The summed E-state index contributed by atoms with van der Waals surface area (Å²) in [6, 6.07) is 36.2. The van der Waals surface area contributed by atoms with E-state index in [1.54, 1.807) is 41.5 Å². The predicted molar refractivity (Wildman–Crippen MR) is 377 cm³/mol. The molecule has 9 aromatic heterocycles. The number of hydrogen-bond donors (Lipinski definition) is 9. The summed E-state index contributed by atoms with van der Waals surface area (Å²) in [7, 11) is 0. The number of hydrogen-bond acceptors (Lipinski definition) is 18. The molecule has 0 aliphatic carbocycles. The molecule has 12 aromatic rings. The third kappa shape index (κ3) is 12.3. The minimum Gasteiger partial charge on any atom is -0.393 e. The number of amides is 3. The number of aromatic nitrogens is 9. The number of halogens is 1. The van der Waals surface area contributed by atoms with Crippen molar-refractivity contribution in [1.82, 2.24) is 59.3 Å². The van der Waals surface area contributed by atoms with E-state index in [-0.39, 0.29) is 35.7 Å². The molecular formula is C75H70FN17O7. The molecule has 3 amide bonds. The van der Waals surface area contributed by atoms with Crippen molar-refractivity contribution in [2.45, 2.75) is 76.0 Å². The van der Waals surface area contributed by atoms with E-state index in [0.717, 1.165) is 142 Å². The van der Waals surface area contributed by atoms with Crippen LogP contribution in [0.1, 0.15) is 91.9 Å². The molecular weight excluding hydrogens is 1270 g/mol. The molecule has 6 aliphatic rings. The summed E-state index contributed by atoms with van der Waals surface area (Å²) in [5.74, 6) is 1.24. The number of carbonyl (C=O) groups is 3. The van der Waals surface area contributed by atoms with E-state index in [0.29, 0.717) is 91.2 Å². The van der Waals surface area contributed by atoms with Gasteiger partial charge in [-0.3, -0.25) is 23.8 Å². The predicted octanol–water partition coefficient (Wildman–Crippen LogP) is 10.2. The van der Waals surface area contributed by atoms with Gasteiger partial charge in [0.1, 0.15) is 28.9 Å². The van der Waals surface area contributed by atoms with E-state index in [9.17, 15) is 34.1 Å². The number of aliphatic hydroxyl groups excluding tert-OH is 2. The van der Waals surface area contributed by atoms with Gasteiger partial charge >= 0.3 is 0 Å². The first-order valence-electron chi connectivity index (χ1n) is 33.5. The van der Waals surface area contributed by atoms with Crippen molar-refractivity contribution in [2.75, 3.05) is 65.1 Å². The first-order valence-corrected chi connectivity index (χ1v) is 33.5. The minimum absolute atomic E-state index is 0.0830. The molecule has 25 heteroatoms. The molecule has 3 saturated heterocycles. The van der Waals surface area contributed by atoms with E-state index in [4.69, 9.17) is 4.74 Å². The zero-order valence-electron chi connectivity index (χ0n) is 54.3. The summed E-state index contributed by atoms with van der Waals surface area (Å²) in [6.45, 7) is 5.71. The molecule has 0 unspecified atom stereocenters. The summed E-state index contributed by atoms with van der Waals surface area (Å²) in [4.78, 5) is 64.8. The smallest absolute Gasteiger partial charge is 0.254 e. The fourth-order valence-corrected chi connectivity index (χ4v) is 14.3. The lowest BCUT2D eigenvalue weighted by atomic mass is 9.87. The molecule has 9 N–H and O–H groups in total. The van der Waals surface area contributed by atoms with Crippen LogP contribution in [0, 0.1) is 5.82 Å². The number of nitrogens with zero attached hydrogens (tertiary/aromatic N) is 11. The van der Waals surface area contributed by atoms with Crippen LogP contribution in [-0.4, -0.2) is 128 Å². The Morgan fingerprint density at radius 3 is 1.63 bits per heavy atom. The van der Waals surface area contributed by atoms with E-state index in [1.807, 2.05) is 108 Å². The topological polar surface area (TPSA) is 290 Å². The quantitative estimate of drug-likeness (QED) is 0.0549. The van der Waals surface area contributed by atoms with Gasteiger partial charge in [-0.15, -0.1) is 0 Å². The van der Waals surface area contributed by atoms with Crippen LogP contribution in [0.15, 0.2) is 177 Å². The van der Waals surface area contributed by atoms with Crippen LogP contribution in [0.3, 0.4) is 0 Å². The van der Waals surface area contributed by atoms with Crippen LogP contribution >= 0.6 is 0 Å². The van der Waals surface area contributed by atoms with Crippen molar-refractivity contribution in [2.24, 2.45) is 0 Å². The number of ether oxygens (including phenoxy) is 1. The second-order valence-electron chi connectivity index (χ2n) is 25.7. The third-order valence-corrected chi connectivity index (χ3v) is 19.7. The highest BCUT2D eigenvalue weighted by Crippen LogP contribution is 2.41. The number of rotatable bonds is 12. The highest BCUT2D eigenvalue weighted by Gasteiger charge is 2.34. The van der Waals surface area contributed by atoms with Gasteiger partial charge < -0.3 is 66.2 Å². The minimum atomic E-state index is -0.927. The van der Waals surface area contributed by atoms with Gasteiger partial charge in [-0.2, -0.15) is 5.10 Å². The second kappa shape index (κ2) is 26.6. The molecule has 3 fully saturated rings. The van der Waals surface area contributed by atoms with Gasteiger partial charge in [0.15, 0.2) is 0 Å². The average Bonchev–Trinajstić information content (AvgIpc) is 1.61. The normalized spacial score (nSPS) is 16.4. The Hall–Kier alpha value is -11.6. The van der Waals surface area contributed by atoms with Crippen molar-refractivity contribution < 1.29 is 38.8 Å². The van der Waals surface area contributed by atoms with Gasteiger partial charge in [-0.05, 0) is 127 Å². The lowest BCUT2D eigenvalue weighted by molar-refractivity contribution is -0.0681. The van der Waals surface area contributed by atoms with Crippen LogP contribution in [0.5, 0.6) is 0 Å². The third-order valence-electron chi connectivity index (χ3n) is 19.7. The molecule has 100 heavy (non-hydrogen) atoms. The maximum absolute atomic E-state index is 13.6.